The van der Waals surface area contributed by atoms with Gasteiger partial charge >= 0.3 is 0 Å². The fourth-order valence-corrected chi connectivity index (χ4v) is 5.23. The van der Waals surface area contributed by atoms with E-state index >= 15 is 0 Å². The number of likely N-dealkylation sites (tertiary alicyclic amines) is 1. The molecule has 2 heterocycles. The Morgan fingerprint density at radius 2 is 2.00 bits per heavy atom. The first-order valence-corrected chi connectivity index (χ1v) is 12.4. The number of nitrogens with one attached hydrogen (secondary N) is 1. The van der Waals surface area contributed by atoms with E-state index < -0.39 is 0 Å². The fraction of sp³-hybridized carbons (Fsp3) is 0.269. The van der Waals surface area contributed by atoms with Gasteiger partial charge in [-0.2, -0.15) is 4.37 Å². The first-order valence-electron chi connectivity index (χ1n) is 11.2. The smallest absolute Gasteiger partial charge is 0.151 e. The lowest BCUT2D eigenvalue weighted by molar-refractivity contribution is 0.173. The Balaban J connectivity index is 1.27. The maximum Gasteiger partial charge on any atom is 0.151 e. The van der Waals surface area contributed by atoms with E-state index in [1.807, 2.05) is 48.5 Å². The predicted molar refractivity (Wildman–Crippen MR) is 137 cm³/mol. The third-order valence-electron chi connectivity index (χ3n) is 5.90. The Morgan fingerprint density at radius 3 is 2.88 bits per heavy atom. The van der Waals surface area contributed by atoms with E-state index in [9.17, 15) is 5.11 Å². The van der Waals surface area contributed by atoms with Crippen LogP contribution in [-0.2, 0) is 0 Å². The van der Waals surface area contributed by atoms with E-state index in [1.54, 1.807) is 0 Å². The van der Waals surface area contributed by atoms with Gasteiger partial charge in [-0.25, -0.2) is 0 Å². The largest absolute Gasteiger partial charge is 0.492 e. The van der Waals surface area contributed by atoms with Crippen molar-refractivity contribution in [2.45, 2.75) is 18.9 Å². The Morgan fingerprint density at radius 1 is 1.12 bits per heavy atom. The van der Waals surface area contributed by atoms with Crippen LogP contribution < -0.4 is 10.1 Å². The monoisotopic (exact) mass is 479 g/mol. The van der Waals surface area contributed by atoms with Gasteiger partial charge in [-0.15, -0.1) is 0 Å². The van der Waals surface area contributed by atoms with Crippen molar-refractivity contribution in [3.63, 3.8) is 0 Å². The average molecular weight is 480 g/mol. The topological polar surface area (TPSA) is 57.6 Å². The number of nitrogens with zero attached hydrogens (tertiary/aromatic N) is 2. The van der Waals surface area contributed by atoms with E-state index in [4.69, 9.17) is 16.3 Å². The first kappa shape index (κ1) is 22.2. The number of ether oxygens (including phenoxy) is 1. The van der Waals surface area contributed by atoms with Gasteiger partial charge in [0.2, 0.25) is 0 Å². The van der Waals surface area contributed by atoms with Crippen LogP contribution in [0.5, 0.6) is 5.75 Å². The molecule has 7 heteroatoms. The van der Waals surface area contributed by atoms with E-state index in [0.29, 0.717) is 17.4 Å². The molecule has 5 nitrogen and oxygen atoms in total. The van der Waals surface area contributed by atoms with Gasteiger partial charge in [-0.3, -0.25) is 0 Å². The molecular weight excluding hydrogens is 454 g/mol. The Hall–Kier alpha value is -2.64. The lowest BCUT2D eigenvalue weighted by atomic mass is 10.0. The van der Waals surface area contributed by atoms with Crippen molar-refractivity contribution in [1.29, 1.82) is 0 Å². The lowest BCUT2D eigenvalue weighted by Gasteiger charge is -2.16. The summed E-state index contributed by atoms with van der Waals surface area (Å²) < 4.78 is 11.7. The highest BCUT2D eigenvalue weighted by Gasteiger charge is 2.19. The van der Waals surface area contributed by atoms with Gasteiger partial charge in [0.15, 0.2) is 5.82 Å². The molecule has 0 spiro atoms. The summed E-state index contributed by atoms with van der Waals surface area (Å²) in [5.41, 5.74) is 2.91. The summed E-state index contributed by atoms with van der Waals surface area (Å²) >= 11 is 8.23. The average Bonchev–Trinajstić information content (AvgIpc) is 3.44. The normalized spacial score (nSPS) is 16.4. The van der Waals surface area contributed by atoms with Crippen LogP contribution in [0.2, 0.25) is 5.02 Å². The van der Waals surface area contributed by atoms with Crippen molar-refractivity contribution in [2.75, 3.05) is 31.6 Å². The van der Waals surface area contributed by atoms with Crippen molar-refractivity contribution in [2.24, 2.45) is 0 Å². The summed E-state index contributed by atoms with van der Waals surface area (Å²) in [5, 5.41) is 14.8. The van der Waals surface area contributed by atoms with E-state index in [-0.39, 0.29) is 6.10 Å². The number of aliphatic hydroxyl groups excluding tert-OH is 1. The van der Waals surface area contributed by atoms with Gasteiger partial charge in [0.05, 0.1) is 22.4 Å². The number of halogens is 1. The highest BCUT2D eigenvalue weighted by Crippen LogP contribution is 2.37. The van der Waals surface area contributed by atoms with Crippen molar-refractivity contribution in [3.8, 4) is 16.9 Å². The zero-order valence-corrected chi connectivity index (χ0v) is 19.8. The molecule has 1 aliphatic rings. The van der Waals surface area contributed by atoms with Crippen LogP contribution in [0.3, 0.4) is 0 Å². The van der Waals surface area contributed by atoms with E-state index in [1.165, 1.54) is 11.5 Å². The number of β-amino-alcohol motifs (C(OH)–C–C–N with tert-alkyl or cyclic N) is 1. The Labute approximate surface area is 202 Å². The molecule has 2 N–H and O–H groups in total. The molecule has 4 aromatic rings. The lowest BCUT2D eigenvalue weighted by Crippen LogP contribution is -2.24. The standard InChI is InChI=1S/C26H26ClN3O2S/c27-25-21(9-4-10-23(25)32-15-5-13-30-14-12-20(31)17-30)18-6-3-7-19(16-18)28-26-22-8-1-2-11-24(22)33-29-26/h1-4,6-11,16,20,31H,5,12-15,17H2,(H,28,29). The van der Waals surface area contributed by atoms with Crippen LogP contribution in [0.4, 0.5) is 11.5 Å². The highest BCUT2D eigenvalue weighted by atomic mass is 35.5. The predicted octanol–water partition coefficient (Wildman–Crippen LogP) is 6.20. The van der Waals surface area contributed by atoms with Gasteiger partial charge < -0.3 is 20.1 Å². The van der Waals surface area contributed by atoms with Gasteiger partial charge in [-0.1, -0.05) is 48.0 Å². The number of hydrogen-bond donors (Lipinski definition) is 2. The minimum absolute atomic E-state index is 0.184. The van der Waals surface area contributed by atoms with Crippen LogP contribution in [0.15, 0.2) is 66.7 Å². The Bertz CT molecular complexity index is 1250. The van der Waals surface area contributed by atoms with Gasteiger partial charge in [0.1, 0.15) is 5.75 Å². The molecule has 1 saturated heterocycles. The van der Waals surface area contributed by atoms with Crippen LogP contribution >= 0.6 is 23.1 Å². The van der Waals surface area contributed by atoms with Crippen LogP contribution in [0, 0.1) is 0 Å². The molecule has 1 aromatic heterocycles. The zero-order chi connectivity index (χ0) is 22.6. The second-order valence-electron chi connectivity index (χ2n) is 8.30. The molecule has 0 saturated carbocycles. The molecule has 1 aliphatic heterocycles. The number of aromatic nitrogens is 1. The van der Waals surface area contributed by atoms with Gasteiger partial charge in [-0.05, 0) is 60.3 Å². The third kappa shape index (κ3) is 5.14. The number of benzene rings is 3. The summed E-state index contributed by atoms with van der Waals surface area (Å²) in [7, 11) is 0. The van der Waals surface area contributed by atoms with Gasteiger partial charge in [0.25, 0.3) is 0 Å². The second kappa shape index (κ2) is 10.1. The summed E-state index contributed by atoms with van der Waals surface area (Å²) in [6.45, 7) is 3.23. The zero-order valence-electron chi connectivity index (χ0n) is 18.2. The molecule has 1 unspecified atom stereocenters. The van der Waals surface area contributed by atoms with Crippen LogP contribution in [0.1, 0.15) is 12.8 Å². The van der Waals surface area contributed by atoms with Crippen molar-refractivity contribution < 1.29 is 9.84 Å². The highest BCUT2D eigenvalue weighted by molar-refractivity contribution is 7.13. The number of hydrogen-bond acceptors (Lipinski definition) is 6. The van der Waals surface area contributed by atoms with E-state index in [2.05, 4.69) is 32.8 Å². The first-order chi connectivity index (χ1) is 16.2. The fourth-order valence-electron chi connectivity index (χ4n) is 4.21. The van der Waals surface area contributed by atoms with Crippen molar-refractivity contribution >= 4 is 44.7 Å². The number of rotatable bonds is 8. The van der Waals surface area contributed by atoms with Crippen LogP contribution in [0.25, 0.3) is 21.2 Å². The summed E-state index contributed by atoms with van der Waals surface area (Å²) in [6, 6.07) is 22.3. The molecule has 5 rings (SSSR count). The molecule has 0 bridgehead atoms. The maximum absolute atomic E-state index is 9.65. The third-order valence-corrected chi connectivity index (χ3v) is 7.12. The molecule has 1 fully saturated rings. The minimum atomic E-state index is -0.184. The summed E-state index contributed by atoms with van der Waals surface area (Å²) in [6.07, 6.45) is 1.58. The van der Waals surface area contributed by atoms with Crippen molar-refractivity contribution in [1.82, 2.24) is 9.27 Å². The molecular formula is C26H26ClN3O2S. The SMILES string of the molecule is OC1CCN(CCCOc2cccc(-c3cccc(Nc4nsc5ccccc45)c3)c2Cl)C1. The molecule has 170 valence electrons. The Kier molecular flexibility index (Phi) is 6.78. The number of fused-ring (bicyclic) bond motifs is 1. The molecule has 0 aliphatic carbocycles. The maximum atomic E-state index is 9.65. The molecule has 33 heavy (non-hydrogen) atoms. The molecule has 3 aromatic carbocycles. The van der Waals surface area contributed by atoms with Crippen molar-refractivity contribution in [3.05, 3.63) is 71.8 Å². The number of anilines is 2. The van der Waals surface area contributed by atoms with E-state index in [0.717, 1.165) is 65.2 Å². The second-order valence-corrected chi connectivity index (χ2v) is 9.48. The summed E-state index contributed by atoms with van der Waals surface area (Å²) in [5.74, 6) is 1.56. The quantitative estimate of drug-likeness (QED) is 0.295. The molecule has 1 atom stereocenters. The minimum Gasteiger partial charge on any atom is -0.492 e. The number of aliphatic hydroxyl groups is 1. The molecule has 0 amide bonds. The van der Waals surface area contributed by atoms with Crippen LogP contribution in [-0.4, -0.2) is 46.7 Å². The summed E-state index contributed by atoms with van der Waals surface area (Å²) in [4.78, 5) is 2.27. The molecule has 0 radical (unpaired) electrons. The van der Waals surface area contributed by atoms with Gasteiger partial charge in [0, 0.05) is 36.3 Å².